The second-order valence-electron chi connectivity index (χ2n) is 6.82. The number of allylic oxidation sites excluding steroid dienone is 2. The first-order chi connectivity index (χ1) is 14.4. The van der Waals surface area contributed by atoms with E-state index in [9.17, 15) is 9.18 Å². The molecule has 0 saturated heterocycles. The number of rotatable bonds is 6. The van der Waals surface area contributed by atoms with Gasteiger partial charge in [-0.05, 0) is 60.9 Å². The lowest BCUT2D eigenvalue weighted by Gasteiger charge is -2.12. The molecule has 4 nitrogen and oxygen atoms in total. The van der Waals surface area contributed by atoms with Crippen molar-refractivity contribution in [2.75, 3.05) is 12.4 Å². The summed E-state index contributed by atoms with van der Waals surface area (Å²) in [5, 5.41) is 2.66. The van der Waals surface area contributed by atoms with Gasteiger partial charge in [-0.3, -0.25) is 4.79 Å². The largest absolute Gasteiger partial charge is 0.496 e. The zero-order chi connectivity index (χ0) is 21.7. The summed E-state index contributed by atoms with van der Waals surface area (Å²) < 4.78 is 19.4. The van der Waals surface area contributed by atoms with Crippen LogP contribution in [0.2, 0.25) is 0 Å². The fraction of sp³-hybridized carbons (Fsp3) is 0.120. The average molecular weight is 402 g/mol. The minimum absolute atomic E-state index is 0.0213. The molecule has 3 rings (SSSR count). The molecule has 1 amide bonds. The van der Waals surface area contributed by atoms with E-state index >= 15 is 0 Å². The molecule has 0 aliphatic rings. The number of ether oxygens (including phenoxy) is 1. The van der Waals surface area contributed by atoms with E-state index < -0.39 is 11.7 Å². The van der Waals surface area contributed by atoms with E-state index in [1.165, 1.54) is 6.07 Å². The zero-order valence-electron chi connectivity index (χ0n) is 17.2. The van der Waals surface area contributed by atoms with Crippen LogP contribution in [0.1, 0.15) is 27.0 Å². The minimum atomic E-state index is -0.557. The lowest BCUT2D eigenvalue weighted by atomic mass is 9.98. The van der Waals surface area contributed by atoms with E-state index in [1.54, 1.807) is 50.6 Å². The Hall–Kier alpha value is -3.73. The van der Waals surface area contributed by atoms with Crippen molar-refractivity contribution in [2.45, 2.75) is 13.8 Å². The Morgan fingerprint density at radius 3 is 2.57 bits per heavy atom. The predicted molar refractivity (Wildman–Crippen MR) is 119 cm³/mol. The van der Waals surface area contributed by atoms with Gasteiger partial charge in [0.15, 0.2) is 0 Å². The molecule has 5 heteroatoms. The van der Waals surface area contributed by atoms with Crippen molar-refractivity contribution in [3.8, 4) is 11.1 Å². The first kappa shape index (κ1) is 21.0. The van der Waals surface area contributed by atoms with Crippen molar-refractivity contribution in [2.24, 2.45) is 0 Å². The molecule has 0 spiro atoms. The van der Waals surface area contributed by atoms with Gasteiger partial charge in [0.25, 0.3) is 5.91 Å². The summed E-state index contributed by atoms with van der Waals surface area (Å²) in [7, 11) is 1.62. The number of aromatic nitrogens is 1. The van der Waals surface area contributed by atoms with Crippen LogP contribution >= 0.6 is 0 Å². The van der Waals surface area contributed by atoms with Gasteiger partial charge < -0.3 is 10.1 Å². The number of nitrogens with zero attached hydrogens (tertiary/aromatic N) is 1. The van der Waals surface area contributed by atoms with Crippen molar-refractivity contribution in [3.63, 3.8) is 0 Å². The van der Waals surface area contributed by atoms with Crippen LogP contribution in [0.3, 0.4) is 0 Å². The molecule has 3 aromatic rings. The molecule has 1 N–H and O–H groups in total. The van der Waals surface area contributed by atoms with Crippen molar-refractivity contribution >= 4 is 17.5 Å². The Kier molecular flexibility index (Phi) is 6.42. The van der Waals surface area contributed by atoms with Crippen LogP contribution in [0, 0.1) is 19.7 Å². The molecule has 1 heterocycles. The highest BCUT2D eigenvalue weighted by Gasteiger charge is 2.15. The normalized spacial score (nSPS) is 11.1. The zero-order valence-corrected chi connectivity index (χ0v) is 17.2. The number of hydrogen-bond acceptors (Lipinski definition) is 3. The fourth-order valence-electron chi connectivity index (χ4n) is 3.20. The number of hydrogen-bond donors (Lipinski definition) is 1. The Bertz CT molecular complexity index is 1100. The fourth-order valence-corrected chi connectivity index (χ4v) is 3.20. The second kappa shape index (κ2) is 9.18. The number of benzene rings is 2. The number of pyridine rings is 1. The van der Waals surface area contributed by atoms with Gasteiger partial charge in [-0.25, -0.2) is 9.37 Å². The number of carbonyl (C=O) groups excluding carboxylic acids is 1. The third-order valence-electron chi connectivity index (χ3n) is 4.78. The van der Waals surface area contributed by atoms with Crippen molar-refractivity contribution in [1.29, 1.82) is 0 Å². The first-order valence-electron chi connectivity index (χ1n) is 9.45. The third kappa shape index (κ3) is 4.46. The van der Waals surface area contributed by atoms with E-state index in [-0.39, 0.29) is 5.56 Å². The summed E-state index contributed by atoms with van der Waals surface area (Å²) >= 11 is 0. The van der Waals surface area contributed by atoms with Gasteiger partial charge in [0.2, 0.25) is 0 Å². The monoisotopic (exact) mass is 402 g/mol. The van der Waals surface area contributed by atoms with E-state index in [4.69, 9.17) is 4.74 Å². The number of amides is 1. The number of anilines is 1. The smallest absolute Gasteiger partial charge is 0.260 e. The number of nitrogens with one attached hydrogen (secondary N) is 1. The van der Waals surface area contributed by atoms with Crippen molar-refractivity contribution < 1.29 is 13.9 Å². The molecular weight excluding hydrogens is 379 g/mol. The van der Waals surface area contributed by atoms with E-state index in [0.29, 0.717) is 17.1 Å². The van der Waals surface area contributed by atoms with Crippen LogP contribution in [0.4, 0.5) is 10.2 Å². The quantitative estimate of drug-likeness (QED) is 0.411. The summed E-state index contributed by atoms with van der Waals surface area (Å²) in [6.07, 6.45) is 5.16. The number of aryl methyl sites for hydroxylation is 2. The van der Waals surface area contributed by atoms with Gasteiger partial charge >= 0.3 is 0 Å². The van der Waals surface area contributed by atoms with Gasteiger partial charge in [-0.1, -0.05) is 36.9 Å². The van der Waals surface area contributed by atoms with Gasteiger partial charge in [-0.2, -0.15) is 0 Å². The van der Waals surface area contributed by atoms with Crippen molar-refractivity contribution in [1.82, 2.24) is 4.98 Å². The number of halogens is 1. The summed E-state index contributed by atoms with van der Waals surface area (Å²) in [4.78, 5) is 16.8. The number of carbonyl (C=O) groups is 1. The Labute approximate surface area is 175 Å². The van der Waals surface area contributed by atoms with Crippen LogP contribution in [0.15, 0.2) is 73.5 Å². The van der Waals surface area contributed by atoms with Crippen LogP contribution in [0.5, 0.6) is 0 Å². The Morgan fingerprint density at radius 2 is 1.93 bits per heavy atom. The summed E-state index contributed by atoms with van der Waals surface area (Å²) in [6, 6.07) is 14.1. The standard InChI is InChI=1S/C25H23FN2O2/c1-5-7-22(30-4)18-11-10-16(2)20(14-18)19-12-13-23(27-15-19)28-25(29)24-17(3)8-6-9-21(24)26/h5-15H,1H2,2-4H3,(H,27,28,29)/b22-7-. The summed E-state index contributed by atoms with van der Waals surface area (Å²) in [5.74, 6) is -0.0193. The maximum atomic E-state index is 14.0. The molecule has 1 aromatic heterocycles. The highest BCUT2D eigenvalue weighted by atomic mass is 19.1. The first-order valence-corrected chi connectivity index (χ1v) is 9.45. The minimum Gasteiger partial charge on any atom is -0.496 e. The Morgan fingerprint density at radius 1 is 1.13 bits per heavy atom. The van der Waals surface area contributed by atoms with Crippen LogP contribution < -0.4 is 5.32 Å². The maximum absolute atomic E-state index is 14.0. The van der Waals surface area contributed by atoms with E-state index in [0.717, 1.165) is 22.3 Å². The number of methoxy groups -OCH3 is 1. The molecule has 0 aliphatic heterocycles. The summed E-state index contributed by atoms with van der Waals surface area (Å²) in [6.45, 7) is 7.42. The molecule has 0 fully saturated rings. The highest BCUT2D eigenvalue weighted by Crippen LogP contribution is 2.28. The van der Waals surface area contributed by atoms with Crippen molar-refractivity contribution in [3.05, 3.63) is 102 Å². The molecular formula is C25H23FN2O2. The lowest BCUT2D eigenvalue weighted by Crippen LogP contribution is -2.16. The SMILES string of the molecule is C=C/C=C(\OC)c1ccc(C)c(-c2ccc(NC(=O)c3c(C)cccc3F)nc2)c1. The van der Waals surface area contributed by atoms with Gasteiger partial charge in [0.1, 0.15) is 17.4 Å². The lowest BCUT2D eigenvalue weighted by molar-refractivity contribution is 0.102. The van der Waals surface area contributed by atoms with Gasteiger partial charge in [-0.15, -0.1) is 0 Å². The van der Waals surface area contributed by atoms with E-state index in [1.807, 2.05) is 31.2 Å². The molecule has 0 saturated carbocycles. The molecule has 0 aliphatic carbocycles. The second-order valence-corrected chi connectivity index (χ2v) is 6.82. The van der Waals surface area contributed by atoms with Crippen LogP contribution in [0.25, 0.3) is 16.9 Å². The van der Waals surface area contributed by atoms with E-state index in [2.05, 4.69) is 16.9 Å². The van der Waals surface area contributed by atoms with Crippen LogP contribution in [-0.4, -0.2) is 18.0 Å². The summed E-state index contributed by atoms with van der Waals surface area (Å²) in [5.41, 5.74) is 4.48. The topological polar surface area (TPSA) is 51.2 Å². The predicted octanol–water partition coefficient (Wildman–Crippen LogP) is 5.93. The molecule has 152 valence electrons. The maximum Gasteiger partial charge on any atom is 0.260 e. The van der Waals surface area contributed by atoms with Gasteiger partial charge in [0, 0.05) is 17.3 Å². The average Bonchev–Trinajstić information content (AvgIpc) is 2.73. The molecule has 0 radical (unpaired) electrons. The third-order valence-corrected chi connectivity index (χ3v) is 4.78. The van der Waals surface area contributed by atoms with Gasteiger partial charge in [0.05, 0.1) is 12.7 Å². The highest BCUT2D eigenvalue weighted by molar-refractivity contribution is 6.05. The van der Waals surface area contributed by atoms with Crippen LogP contribution in [-0.2, 0) is 4.74 Å². The molecule has 0 atom stereocenters. The molecule has 2 aromatic carbocycles. The Balaban J connectivity index is 1.86. The molecule has 30 heavy (non-hydrogen) atoms. The molecule has 0 unspecified atom stereocenters. The molecule has 0 bridgehead atoms.